The average Bonchev–Trinajstić information content (AvgIpc) is 2.28. The molecule has 0 aromatic carbocycles. The molecule has 0 amide bonds. The van der Waals surface area contributed by atoms with Crippen molar-refractivity contribution in [3.8, 4) is 0 Å². The van der Waals surface area contributed by atoms with Gasteiger partial charge in [0, 0.05) is 23.5 Å². The molecule has 4 nitrogen and oxygen atoms in total. The minimum Gasteiger partial charge on any atom is -0.390 e. The van der Waals surface area contributed by atoms with Crippen LogP contribution in [-0.2, 0) is 0 Å². The third kappa shape index (κ3) is 3.02. The second-order valence-corrected chi connectivity index (χ2v) is 3.59. The first-order chi connectivity index (χ1) is 7.20. The topological polar surface area (TPSA) is 70.4 Å². The summed E-state index contributed by atoms with van der Waals surface area (Å²) in [5.41, 5.74) is 0.692. The third-order valence-electron chi connectivity index (χ3n) is 2.12. The summed E-state index contributed by atoms with van der Waals surface area (Å²) in [5, 5.41) is 19.3. The lowest BCUT2D eigenvalue weighted by molar-refractivity contribution is 0.0167. The molecule has 1 aromatic heterocycles. The smallest absolute Gasteiger partial charge is 0.150 e. The van der Waals surface area contributed by atoms with Crippen molar-refractivity contribution in [3.63, 3.8) is 0 Å². The van der Waals surface area contributed by atoms with E-state index in [4.69, 9.17) is 0 Å². The number of aromatic nitrogens is 1. The number of thiol groups is 1. The molecule has 0 spiro atoms. The molecule has 0 aliphatic heterocycles. The van der Waals surface area contributed by atoms with Crippen molar-refractivity contribution in [1.82, 2.24) is 4.98 Å². The first-order valence-corrected chi connectivity index (χ1v) is 5.20. The minimum absolute atomic E-state index is 0.343. The van der Waals surface area contributed by atoms with E-state index in [1.807, 2.05) is 0 Å². The normalized spacial score (nSPS) is 14.6. The number of aldehydes is 1. The maximum atomic E-state index is 10.7. The Bertz CT molecular complexity index is 332. The number of aliphatic hydroxyl groups excluding tert-OH is 2. The van der Waals surface area contributed by atoms with Crippen LogP contribution in [0, 0.1) is 0 Å². The van der Waals surface area contributed by atoms with Crippen molar-refractivity contribution in [2.75, 3.05) is 5.75 Å². The minimum atomic E-state index is -1.09. The lowest BCUT2D eigenvalue weighted by Crippen LogP contribution is -2.20. The van der Waals surface area contributed by atoms with Gasteiger partial charge in [-0.1, -0.05) is 0 Å². The van der Waals surface area contributed by atoms with Crippen LogP contribution in [0.25, 0.3) is 0 Å². The summed E-state index contributed by atoms with van der Waals surface area (Å²) in [6.45, 7) is 0. The van der Waals surface area contributed by atoms with E-state index in [2.05, 4.69) is 17.6 Å². The van der Waals surface area contributed by atoms with Crippen LogP contribution in [0.5, 0.6) is 0 Å². The van der Waals surface area contributed by atoms with Crippen LogP contribution in [0.15, 0.2) is 18.5 Å². The van der Waals surface area contributed by atoms with Gasteiger partial charge in [0.2, 0.25) is 0 Å². The highest BCUT2D eigenvalue weighted by Gasteiger charge is 2.20. The molecule has 2 N–H and O–H groups in total. The van der Waals surface area contributed by atoms with Crippen molar-refractivity contribution < 1.29 is 15.0 Å². The Morgan fingerprint density at radius 2 is 2.27 bits per heavy atom. The summed E-state index contributed by atoms with van der Waals surface area (Å²) < 4.78 is 0. The van der Waals surface area contributed by atoms with Crippen molar-refractivity contribution in [2.45, 2.75) is 18.6 Å². The molecule has 5 heteroatoms. The van der Waals surface area contributed by atoms with E-state index < -0.39 is 12.2 Å². The number of pyridine rings is 1. The number of rotatable bonds is 5. The fourth-order valence-electron chi connectivity index (χ4n) is 1.27. The second-order valence-electron chi connectivity index (χ2n) is 3.15. The van der Waals surface area contributed by atoms with Crippen LogP contribution in [0.3, 0.4) is 0 Å². The number of hydrogen-bond donors (Lipinski definition) is 3. The van der Waals surface area contributed by atoms with Crippen LogP contribution in [0.4, 0.5) is 0 Å². The quantitative estimate of drug-likeness (QED) is 0.509. The average molecular weight is 227 g/mol. The summed E-state index contributed by atoms with van der Waals surface area (Å²) >= 11 is 3.96. The van der Waals surface area contributed by atoms with Gasteiger partial charge in [-0.05, 0) is 18.2 Å². The summed E-state index contributed by atoms with van der Waals surface area (Å²) in [6.07, 6.45) is 1.82. The van der Waals surface area contributed by atoms with E-state index in [1.54, 1.807) is 0 Å². The Morgan fingerprint density at radius 3 is 2.87 bits per heavy atom. The van der Waals surface area contributed by atoms with E-state index in [-0.39, 0.29) is 0 Å². The molecular weight excluding hydrogens is 214 g/mol. The SMILES string of the molecule is O=Cc1ccncc1C(O)C(O)CCS. The van der Waals surface area contributed by atoms with E-state index in [0.717, 1.165) is 0 Å². The summed E-state index contributed by atoms with van der Waals surface area (Å²) in [7, 11) is 0. The Morgan fingerprint density at radius 1 is 1.53 bits per heavy atom. The highest BCUT2D eigenvalue weighted by atomic mass is 32.1. The largest absolute Gasteiger partial charge is 0.390 e. The van der Waals surface area contributed by atoms with Crippen molar-refractivity contribution >= 4 is 18.9 Å². The number of carbonyl (C=O) groups is 1. The molecule has 0 aliphatic carbocycles. The standard InChI is InChI=1S/C10H13NO3S/c12-6-7-1-3-11-5-8(7)10(14)9(13)2-4-15/h1,3,5-6,9-10,13-15H,2,4H2. The van der Waals surface area contributed by atoms with E-state index in [9.17, 15) is 15.0 Å². The number of carbonyl (C=O) groups excluding carboxylic acids is 1. The zero-order valence-corrected chi connectivity index (χ0v) is 8.97. The van der Waals surface area contributed by atoms with E-state index in [1.165, 1.54) is 18.5 Å². The Balaban J connectivity index is 2.89. The number of hydrogen-bond acceptors (Lipinski definition) is 5. The zero-order valence-electron chi connectivity index (χ0n) is 8.08. The van der Waals surface area contributed by atoms with Gasteiger partial charge < -0.3 is 10.2 Å². The molecule has 1 rings (SSSR count). The summed E-state index contributed by atoms with van der Waals surface area (Å²) in [5.74, 6) is 0.467. The van der Waals surface area contributed by atoms with Gasteiger partial charge in [-0.25, -0.2) is 0 Å². The molecule has 82 valence electrons. The van der Waals surface area contributed by atoms with Crippen LogP contribution >= 0.6 is 12.6 Å². The molecule has 0 radical (unpaired) electrons. The van der Waals surface area contributed by atoms with Gasteiger partial charge in [-0.2, -0.15) is 12.6 Å². The molecule has 2 unspecified atom stereocenters. The molecule has 0 aliphatic rings. The molecule has 1 aromatic rings. The molecule has 0 saturated carbocycles. The van der Waals surface area contributed by atoms with Gasteiger partial charge in [-0.15, -0.1) is 0 Å². The highest BCUT2D eigenvalue weighted by molar-refractivity contribution is 7.80. The zero-order chi connectivity index (χ0) is 11.3. The predicted molar refractivity (Wildman–Crippen MR) is 59.1 cm³/mol. The van der Waals surface area contributed by atoms with Crippen LogP contribution in [0.2, 0.25) is 0 Å². The van der Waals surface area contributed by atoms with E-state index in [0.29, 0.717) is 29.6 Å². The molecule has 0 bridgehead atoms. The summed E-state index contributed by atoms with van der Waals surface area (Å²) in [4.78, 5) is 14.5. The third-order valence-corrected chi connectivity index (χ3v) is 2.38. The molecule has 0 fully saturated rings. The van der Waals surface area contributed by atoms with Crippen molar-refractivity contribution in [3.05, 3.63) is 29.6 Å². The molecule has 0 saturated heterocycles. The van der Waals surface area contributed by atoms with Gasteiger partial charge >= 0.3 is 0 Å². The molecule has 2 atom stereocenters. The Kier molecular flexibility index (Phi) is 4.74. The fraction of sp³-hybridized carbons (Fsp3) is 0.400. The fourth-order valence-corrected chi connectivity index (χ4v) is 1.53. The molecule has 1 heterocycles. The monoisotopic (exact) mass is 227 g/mol. The van der Waals surface area contributed by atoms with Crippen LogP contribution < -0.4 is 0 Å². The van der Waals surface area contributed by atoms with Gasteiger partial charge in [0.25, 0.3) is 0 Å². The van der Waals surface area contributed by atoms with Crippen molar-refractivity contribution in [1.29, 1.82) is 0 Å². The van der Waals surface area contributed by atoms with Gasteiger partial charge in [-0.3, -0.25) is 9.78 Å². The maximum absolute atomic E-state index is 10.7. The highest BCUT2D eigenvalue weighted by Crippen LogP contribution is 2.20. The van der Waals surface area contributed by atoms with Crippen molar-refractivity contribution in [2.24, 2.45) is 0 Å². The number of aliphatic hydroxyl groups is 2. The van der Waals surface area contributed by atoms with Crippen LogP contribution in [0.1, 0.15) is 28.4 Å². The first-order valence-electron chi connectivity index (χ1n) is 4.56. The molecule has 15 heavy (non-hydrogen) atoms. The van der Waals surface area contributed by atoms with Crippen LogP contribution in [-0.4, -0.2) is 33.3 Å². The second kappa shape index (κ2) is 5.85. The van der Waals surface area contributed by atoms with Gasteiger partial charge in [0.15, 0.2) is 6.29 Å². The Hall–Kier alpha value is -0.910. The lowest BCUT2D eigenvalue weighted by Gasteiger charge is -2.18. The van der Waals surface area contributed by atoms with E-state index >= 15 is 0 Å². The van der Waals surface area contributed by atoms with Gasteiger partial charge in [0.1, 0.15) is 6.10 Å². The van der Waals surface area contributed by atoms with Gasteiger partial charge in [0.05, 0.1) is 6.10 Å². The number of nitrogens with zero attached hydrogens (tertiary/aromatic N) is 1. The molecular formula is C10H13NO3S. The first kappa shape index (κ1) is 12.2. The Labute approximate surface area is 93.4 Å². The lowest BCUT2D eigenvalue weighted by atomic mass is 10.0. The summed E-state index contributed by atoms with van der Waals surface area (Å²) in [6, 6.07) is 1.50. The predicted octanol–water partition coefficient (Wildman–Crippen LogP) is 0.608. The maximum Gasteiger partial charge on any atom is 0.150 e.